The van der Waals surface area contributed by atoms with E-state index in [4.69, 9.17) is 4.52 Å². The predicted molar refractivity (Wildman–Crippen MR) is 119 cm³/mol. The van der Waals surface area contributed by atoms with Crippen molar-refractivity contribution in [2.45, 2.75) is 57.4 Å². The maximum absolute atomic E-state index is 12.6. The molecule has 162 valence electrons. The molecule has 0 radical (unpaired) electrons. The minimum absolute atomic E-state index is 0.0949. The number of rotatable bonds is 6. The van der Waals surface area contributed by atoms with Gasteiger partial charge < -0.3 is 19.6 Å². The number of likely N-dealkylation sites (tertiary alicyclic amines) is 2. The van der Waals surface area contributed by atoms with Crippen LogP contribution in [0.2, 0.25) is 0 Å². The molecular weight excluding hydrogens is 396 g/mol. The van der Waals surface area contributed by atoms with Crippen LogP contribution in [0.1, 0.15) is 59.5 Å². The molecule has 6 nitrogen and oxygen atoms in total. The highest BCUT2D eigenvalue weighted by atomic mass is 32.1. The number of carbonyl (C=O) groups excluding carboxylic acids is 1. The van der Waals surface area contributed by atoms with Crippen molar-refractivity contribution in [3.63, 3.8) is 0 Å². The van der Waals surface area contributed by atoms with Crippen LogP contribution >= 0.6 is 11.3 Å². The molecule has 0 unspecified atom stereocenters. The van der Waals surface area contributed by atoms with Crippen molar-refractivity contribution in [1.82, 2.24) is 20.3 Å². The Balaban J connectivity index is 1.05. The lowest BCUT2D eigenvalue weighted by atomic mass is 9.95. The molecule has 2 aromatic rings. The first-order valence-corrected chi connectivity index (χ1v) is 12.5. The summed E-state index contributed by atoms with van der Waals surface area (Å²) in [4.78, 5) is 19.3. The summed E-state index contributed by atoms with van der Waals surface area (Å²) < 4.78 is 5.54. The zero-order valence-corrected chi connectivity index (χ0v) is 18.5. The van der Waals surface area contributed by atoms with Crippen LogP contribution in [0, 0.1) is 0 Å². The van der Waals surface area contributed by atoms with E-state index >= 15 is 0 Å². The molecule has 0 atom stereocenters. The molecular formula is C23H32N4O2S. The molecule has 2 saturated heterocycles. The Kier molecular flexibility index (Phi) is 6.20. The van der Waals surface area contributed by atoms with Crippen LogP contribution in [-0.2, 0) is 12.8 Å². The molecule has 1 aliphatic carbocycles. The molecule has 5 rings (SSSR count). The van der Waals surface area contributed by atoms with E-state index in [1.807, 2.05) is 0 Å². The van der Waals surface area contributed by atoms with Gasteiger partial charge in [0, 0.05) is 28.6 Å². The van der Waals surface area contributed by atoms with Crippen LogP contribution < -0.4 is 5.32 Å². The van der Waals surface area contributed by atoms with Gasteiger partial charge in [0.15, 0.2) is 11.5 Å². The highest BCUT2D eigenvalue weighted by molar-refractivity contribution is 7.10. The van der Waals surface area contributed by atoms with Gasteiger partial charge in [-0.2, -0.15) is 0 Å². The van der Waals surface area contributed by atoms with E-state index in [0.717, 1.165) is 48.7 Å². The third kappa shape index (κ3) is 4.20. The van der Waals surface area contributed by atoms with Gasteiger partial charge in [-0.3, -0.25) is 4.79 Å². The quantitative estimate of drug-likeness (QED) is 0.713. The molecule has 1 amide bonds. The van der Waals surface area contributed by atoms with E-state index < -0.39 is 0 Å². The number of hydrogen-bond acceptors (Lipinski definition) is 6. The monoisotopic (exact) mass is 428 g/mol. The first kappa shape index (κ1) is 20.2. The minimum atomic E-state index is -0.0949. The summed E-state index contributed by atoms with van der Waals surface area (Å²) >= 11 is 1.75. The van der Waals surface area contributed by atoms with Crippen LogP contribution in [0.5, 0.6) is 0 Å². The van der Waals surface area contributed by atoms with Crippen molar-refractivity contribution in [3.05, 3.63) is 27.6 Å². The molecule has 3 aliphatic rings. The van der Waals surface area contributed by atoms with Crippen LogP contribution in [0.3, 0.4) is 0 Å². The average Bonchev–Trinajstić information content (AvgIpc) is 3.44. The first-order chi connectivity index (χ1) is 14.8. The molecule has 1 N–H and O–H groups in total. The largest absolute Gasteiger partial charge is 0.355 e. The molecule has 2 aromatic heterocycles. The normalized spacial score (nSPS) is 20.7. The zero-order chi connectivity index (χ0) is 20.3. The number of hydrogen-bond donors (Lipinski definition) is 1. The van der Waals surface area contributed by atoms with E-state index in [1.165, 1.54) is 63.2 Å². The number of thiophene rings is 1. The number of fused-ring (bicyclic) bond motifs is 3. The van der Waals surface area contributed by atoms with E-state index in [2.05, 4.69) is 31.7 Å². The molecule has 30 heavy (non-hydrogen) atoms. The van der Waals surface area contributed by atoms with Crippen LogP contribution in [0.4, 0.5) is 0 Å². The highest BCUT2D eigenvalue weighted by Gasteiger charge is 2.28. The summed E-state index contributed by atoms with van der Waals surface area (Å²) in [5, 5.41) is 9.24. The summed E-state index contributed by atoms with van der Waals surface area (Å²) in [6.45, 7) is 6.73. The van der Waals surface area contributed by atoms with Crippen molar-refractivity contribution >= 4 is 17.2 Å². The fraction of sp³-hybridized carbons (Fsp3) is 0.652. The number of carbonyl (C=O) groups is 1. The average molecular weight is 429 g/mol. The van der Waals surface area contributed by atoms with Crippen molar-refractivity contribution < 1.29 is 9.32 Å². The second-order valence-corrected chi connectivity index (χ2v) is 9.88. The fourth-order valence-corrected chi connectivity index (χ4v) is 6.16. The zero-order valence-electron chi connectivity index (χ0n) is 17.7. The molecule has 2 fully saturated rings. The van der Waals surface area contributed by atoms with Gasteiger partial charge in [-0.25, -0.2) is 0 Å². The maximum Gasteiger partial charge on any atom is 0.273 e. The van der Waals surface area contributed by atoms with E-state index in [0.29, 0.717) is 12.2 Å². The molecule has 0 bridgehead atoms. The molecule has 0 spiro atoms. The van der Waals surface area contributed by atoms with Gasteiger partial charge >= 0.3 is 0 Å². The van der Waals surface area contributed by atoms with Gasteiger partial charge in [0.05, 0.1) is 0 Å². The van der Waals surface area contributed by atoms with Gasteiger partial charge in [0.1, 0.15) is 0 Å². The summed E-state index contributed by atoms with van der Waals surface area (Å²) in [5.41, 5.74) is 2.56. The summed E-state index contributed by atoms with van der Waals surface area (Å²) in [6, 6.07) is 2.86. The van der Waals surface area contributed by atoms with Crippen LogP contribution in [0.25, 0.3) is 11.3 Å². The SMILES string of the molecule is O=C(NCCCN1CCC(N2CCCCC2)CC1)c1noc2c1CCc1sccc1-2. The highest BCUT2D eigenvalue weighted by Crippen LogP contribution is 2.38. The Labute approximate surface area is 182 Å². The topological polar surface area (TPSA) is 61.6 Å². The number of nitrogens with one attached hydrogen (secondary N) is 1. The molecule has 4 heterocycles. The lowest BCUT2D eigenvalue weighted by Crippen LogP contribution is -2.47. The third-order valence-electron chi connectivity index (χ3n) is 7.00. The van der Waals surface area contributed by atoms with Crippen LogP contribution in [-0.4, -0.2) is 66.2 Å². The molecule has 0 aromatic carbocycles. The summed E-state index contributed by atoms with van der Waals surface area (Å²) in [6.07, 6.45) is 9.54. The third-order valence-corrected chi connectivity index (χ3v) is 7.98. The smallest absolute Gasteiger partial charge is 0.273 e. The second kappa shape index (κ2) is 9.20. The van der Waals surface area contributed by atoms with Gasteiger partial charge in [0.25, 0.3) is 5.91 Å². The Morgan fingerprint density at radius 1 is 1.17 bits per heavy atom. The number of piperidine rings is 2. The molecule has 0 saturated carbocycles. The van der Waals surface area contributed by atoms with Crippen molar-refractivity contribution in [1.29, 1.82) is 0 Å². The van der Waals surface area contributed by atoms with Gasteiger partial charge in [-0.05, 0) is 89.1 Å². The fourth-order valence-electron chi connectivity index (χ4n) is 5.29. The van der Waals surface area contributed by atoms with E-state index in [-0.39, 0.29) is 5.91 Å². The Morgan fingerprint density at radius 2 is 2.00 bits per heavy atom. The lowest BCUT2D eigenvalue weighted by Gasteiger charge is -2.40. The van der Waals surface area contributed by atoms with Crippen molar-refractivity contribution in [3.8, 4) is 11.3 Å². The van der Waals surface area contributed by atoms with E-state index in [1.54, 1.807) is 11.3 Å². The minimum Gasteiger partial charge on any atom is -0.355 e. The standard InChI is InChI=1S/C23H32N4O2S/c28-23(21-19-5-6-20-18(9-16-30-20)22(19)29-25-21)24-10-4-11-26-14-7-17(8-15-26)27-12-2-1-3-13-27/h9,16-17H,1-8,10-15H2,(H,24,28). The molecule has 7 heteroatoms. The summed E-state index contributed by atoms with van der Waals surface area (Å²) in [5.74, 6) is 0.696. The Morgan fingerprint density at radius 3 is 2.83 bits per heavy atom. The summed E-state index contributed by atoms with van der Waals surface area (Å²) in [7, 11) is 0. The van der Waals surface area contributed by atoms with Crippen molar-refractivity contribution in [2.75, 3.05) is 39.3 Å². The van der Waals surface area contributed by atoms with Crippen molar-refractivity contribution in [2.24, 2.45) is 0 Å². The molecule has 2 aliphatic heterocycles. The number of aryl methyl sites for hydroxylation is 1. The predicted octanol–water partition coefficient (Wildman–Crippen LogP) is 3.57. The first-order valence-electron chi connectivity index (χ1n) is 11.6. The van der Waals surface area contributed by atoms with Gasteiger partial charge in [-0.15, -0.1) is 11.3 Å². The number of amides is 1. The van der Waals surface area contributed by atoms with E-state index in [9.17, 15) is 4.79 Å². The van der Waals surface area contributed by atoms with Gasteiger partial charge in [-0.1, -0.05) is 11.6 Å². The Hall–Kier alpha value is -1.70. The Bertz CT molecular complexity index is 862. The second-order valence-electron chi connectivity index (χ2n) is 8.88. The number of nitrogens with zero attached hydrogens (tertiary/aromatic N) is 3. The maximum atomic E-state index is 12.6. The van der Waals surface area contributed by atoms with Crippen LogP contribution in [0.15, 0.2) is 16.0 Å². The number of aromatic nitrogens is 1. The van der Waals surface area contributed by atoms with Gasteiger partial charge in [0.2, 0.25) is 0 Å². The lowest BCUT2D eigenvalue weighted by molar-refractivity contribution is 0.0899.